The van der Waals surface area contributed by atoms with E-state index in [0.29, 0.717) is 36.5 Å². The molecule has 142 valence electrons. The van der Waals surface area contributed by atoms with Crippen molar-refractivity contribution in [3.8, 4) is 5.75 Å². The predicted octanol–water partition coefficient (Wildman–Crippen LogP) is 2.62. The number of hydrogen-bond donors (Lipinski definition) is 0. The summed E-state index contributed by atoms with van der Waals surface area (Å²) in [7, 11) is 0. The highest BCUT2D eigenvalue weighted by molar-refractivity contribution is 9.10. The van der Waals surface area contributed by atoms with E-state index in [-0.39, 0.29) is 24.0 Å². The van der Waals surface area contributed by atoms with Crippen LogP contribution in [0.4, 0.5) is 15.9 Å². The van der Waals surface area contributed by atoms with Crippen LogP contribution in [0, 0.1) is 15.9 Å². The van der Waals surface area contributed by atoms with E-state index in [1.54, 1.807) is 17.0 Å². The Balaban J connectivity index is 1.51. The van der Waals surface area contributed by atoms with Gasteiger partial charge in [-0.1, -0.05) is 15.9 Å². The fourth-order valence-electron chi connectivity index (χ4n) is 2.68. The van der Waals surface area contributed by atoms with E-state index in [4.69, 9.17) is 4.74 Å². The lowest BCUT2D eigenvalue weighted by Gasteiger charge is -2.35. The van der Waals surface area contributed by atoms with E-state index < -0.39 is 10.7 Å². The molecule has 0 saturated carbocycles. The fraction of sp³-hybridized carbons (Fsp3) is 0.294. The standard InChI is InChI=1S/C17H16BrFN4O4/c18-12-1-3-15(14(19)9-12)27-11-17(24)22-7-5-21(6-8-22)16-4-2-13(10-20-16)23(25)26/h1-4,9-10H,5-8,11H2. The second-order valence-electron chi connectivity index (χ2n) is 5.86. The molecule has 1 aliphatic heterocycles. The lowest BCUT2D eigenvalue weighted by atomic mass is 10.3. The zero-order valence-corrected chi connectivity index (χ0v) is 15.8. The normalized spacial score (nSPS) is 14.1. The molecule has 2 aromatic rings. The van der Waals surface area contributed by atoms with Crippen LogP contribution in [-0.4, -0.2) is 53.5 Å². The molecule has 0 aliphatic carbocycles. The number of amides is 1. The van der Waals surface area contributed by atoms with Crippen molar-refractivity contribution in [3.05, 3.63) is 56.9 Å². The molecule has 8 nitrogen and oxygen atoms in total. The van der Waals surface area contributed by atoms with Crippen molar-refractivity contribution in [1.29, 1.82) is 0 Å². The first-order chi connectivity index (χ1) is 12.9. The van der Waals surface area contributed by atoms with Crippen LogP contribution in [0.25, 0.3) is 0 Å². The van der Waals surface area contributed by atoms with Crippen LogP contribution in [-0.2, 0) is 4.79 Å². The van der Waals surface area contributed by atoms with Crippen molar-refractivity contribution in [2.45, 2.75) is 0 Å². The van der Waals surface area contributed by atoms with Crippen molar-refractivity contribution in [3.63, 3.8) is 0 Å². The molecular formula is C17H16BrFN4O4. The molecule has 0 bridgehead atoms. The van der Waals surface area contributed by atoms with Crippen molar-refractivity contribution < 1.29 is 18.8 Å². The minimum Gasteiger partial charge on any atom is -0.481 e. The number of hydrogen-bond acceptors (Lipinski definition) is 6. The van der Waals surface area contributed by atoms with Crippen LogP contribution >= 0.6 is 15.9 Å². The third-order valence-electron chi connectivity index (χ3n) is 4.14. The van der Waals surface area contributed by atoms with E-state index in [0.717, 1.165) is 0 Å². The average Bonchev–Trinajstić information content (AvgIpc) is 2.67. The Labute approximate surface area is 162 Å². The Morgan fingerprint density at radius 2 is 2.00 bits per heavy atom. The summed E-state index contributed by atoms with van der Waals surface area (Å²) >= 11 is 3.16. The van der Waals surface area contributed by atoms with Crippen LogP contribution in [0.2, 0.25) is 0 Å². The maximum atomic E-state index is 13.7. The largest absolute Gasteiger partial charge is 0.481 e. The van der Waals surface area contributed by atoms with Gasteiger partial charge in [-0.15, -0.1) is 0 Å². The van der Waals surface area contributed by atoms with Gasteiger partial charge >= 0.3 is 0 Å². The van der Waals surface area contributed by atoms with Crippen LogP contribution in [0.1, 0.15) is 0 Å². The molecule has 1 amide bonds. The fourth-order valence-corrected chi connectivity index (χ4v) is 3.01. The van der Waals surface area contributed by atoms with Crippen molar-refractivity contribution in [2.24, 2.45) is 0 Å². The lowest BCUT2D eigenvalue weighted by Crippen LogP contribution is -2.50. The lowest BCUT2D eigenvalue weighted by molar-refractivity contribution is -0.385. The molecule has 1 aromatic heterocycles. The van der Waals surface area contributed by atoms with Gasteiger partial charge in [0.15, 0.2) is 18.2 Å². The topological polar surface area (TPSA) is 88.8 Å². The molecule has 0 atom stereocenters. The van der Waals surface area contributed by atoms with E-state index in [2.05, 4.69) is 20.9 Å². The monoisotopic (exact) mass is 438 g/mol. The molecule has 3 rings (SSSR count). The number of nitro groups is 1. The Morgan fingerprint density at radius 3 is 2.59 bits per heavy atom. The Morgan fingerprint density at radius 1 is 1.26 bits per heavy atom. The number of halogens is 2. The molecule has 1 aliphatic rings. The van der Waals surface area contributed by atoms with Crippen LogP contribution in [0.3, 0.4) is 0 Å². The summed E-state index contributed by atoms with van der Waals surface area (Å²) in [5.41, 5.74) is -0.0649. The Kier molecular flexibility index (Phi) is 5.84. The van der Waals surface area contributed by atoms with Crippen molar-refractivity contribution in [1.82, 2.24) is 9.88 Å². The second-order valence-corrected chi connectivity index (χ2v) is 6.78. The van der Waals surface area contributed by atoms with Gasteiger partial charge in [-0.05, 0) is 24.3 Å². The summed E-state index contributed by atoms with van der Waals surface area (Å²) in [5, 5.41) is 10.7. The minimum absolute atomic E-state index is 0.0280. The van der Waals surface area contributed by atoms with Crippen LogP contribution in [0.5, 0.6) is 5.75 Å². The minimum atomic E-state index is -0.536. The Hall–Kier alpha value is -2.75. The van der Waals surface area contributed by atoms with Gasteiger partial charge in [-0.25, -0.2) is 9.37 Å². The number of pyridine rings is 1. The van der Waals surface area contributed by atoms with Gasteiger partial charge in [0.2, 0.25) is 0 Å². The highest BCUT2D eigenvalue weighted by Crippen LogP contribution is 2.22. The smallest absolute Gasteiger partial charge is 0.287 e. The van der Waals surface area contributed by atoms with Gasteiger partial charge in [0, 0.05) is 36.7 Å². The molecule has 0 spiro atoms. The van der Waals surface area contributed by atoms with E-state index >= 15 is 0 Å². The number of ether oxygens (including phenoxy) is 1. The number of piperazine rings is 1. The molecule has 2 heterocycles. The summed E-state index contributed by atoms with van der Waals surface area (Å²) in [5.74, 6) is -0.110. The zero-order valence-electron chi connectivity index (χ0n) is 14.2. The molecule has 0 unspecified atom stereocenters. The highest BCUT2D eigenvalue weighted by atomic mass is 79.9. The number of nitrogens with zero attached hydrogens (tertiary/aromatic N) is 4. The van der Waals surface area contributed by atoms with Gasteiger partial charge in [0.1, 0.15) is 12.0 Å². The molecule has 27 heavy (non-hydrogen) atoms. The maximum Gasteiger partial charge on any atom is 0.287 e. The number of carbonyl (C=O) groups is 1. The predicted molar refractivity (Wildman–Crippen MR) is 99.3 cm³/mol. The van der Waals surface area contributed by atoms with E-state index in [9.17, 15) is 19.3 Å². The summed E-state index contributed by atoms with van der Waals surface area (Å²) < 4.78 is 19.6. The second kappa shape index (κ2) is 8.30. The van der Waals surface area contributed by atoms with Crippen LogP contribution < -0.4 is 9.64 Å². The maximum absolute atomic E-state index is 13.7. The van der Waals surface area contributed by atoms with Crippen molar-refractivity contribution >= 4 is 33.3 Å². The number of benzene rings is 1. The molecule has 10 heteroatoms. The summed E-state index contributed by atoms with van der Waals surface area (Å²) in [4.78, 5) is 30.1. The molecule has 0 radical (unpaired) electrons. The van der Waals surface area contributed by atoms with Gasteiger partial charge in [0.25, 0.3) is 11.6 Å². The first kappa shape index (κ1) is 19.0. The third-order valence-corrected chi connectivity index (χ3v) is 4.64. The first-order valence-corrected chi connectivity index (χ1v) is 8.94. The zero-order chi connectivity index (χ0) is 19.4. The SMILES string of the molecule is O=C(COc1ccc(Br)cc1F)N1CCN(c2ccc([N+](=O)[O-])cn2)CC1. The first-order valence-electron chi connectivity index (χ1n) is 8.15. The van der Waals surface area contributed by atoms with Gasteiger partial charge < -0.3 is 14.5 Å². The average molecular weight is 439 g/mol. The van der Waals surface area contributed by atoms with Crippen molar-refractivity contribution in [2.75, 3.05) is 37.7 Å². The Bertz CT molecular complexity index is 841. The van der Waals surface area contributed by atoms with Crippen LogP contribution in [0.15, 0.2) is 41.0 Å². The highest BCUT2D eigenvalue weighted by Gasteiger charge is 2.23. The number of aromatic nitrogens is 1. The molecule has 1 aromatic carbocycles. The van der Waals surface area contributed by atoms with E-state index in [1.807, 2.05) is 4.90 Å². The molecule has 1 fully saturated rings. The van der Waals surface area contributed by atoms with E-state index in [1.165, 1.54) is 24.4 Å². The number of anilines is 1. The third kappa shape index (κ3) is 4.70. The van der Waals surface area contributed by atoms with Gasteiger partial charge in [-0.3, -0.25) is 14.9 Å². The summed E-state index contributed by atoms with van der Waals surface area (Å²) in [6.45, 7) is 1.77. The number of carbonyl (C=O) groups excluding carboxylic acids is 1. The molecule has 1 saturated heterocycles. The number of rotatable bonds is 5. The quantitative estimate of drug-likeness (QED) is 0.526. The molecular weight excluding hydrogens is 423 g/mol. The summed E-state index contributed by atoms with van der Waals surface area (Å²) in [6, 6.07) is 7.37. The summed E-state index contributed by atoms with van der Waals surface area (Å²) in [6.07, 6.45) is 1.22. The molecule has 0 N–H and O–H groups in total. The van der Waals surface area contributed by atoms with Gasteiger partial charge in [-0.2, -0.15) is 0 Å². The van der Waals surface area contributed by atoms with Gasteiger partial charge in [0.05, 0.1) is 4.92 Å².